The summed E-state index contributed by atoms with van der Waals surface area (Å²) in [6.07, 6.45) is 4.76. The first kappa shape index (κ1) is 20.2. The number of aryl methyl sites for hydroxylation is 1. The van der Waals surface area contributed by atoms with Crippen LogP contribution >= 0.6 is 22.9 Å². The number of amides is 1. The Kier molecular flexibility index (Phi) is 6.84. The Morgan fingerprint density at radius 3 is 3.00 bits per heavy atom. The second kappa shape index (κ2) is 9.13. The highest BCUT2D eigenvalue weighted by Crippen LogP contribution is 2.31. The molecule has 1 fully saturated rings. The molecule has 1 saturated heterocycles. The number of hydrogen-bond acceptors (Lipinski definition) is 4. The summed E-state index contributed by atoms with van der Waals surface area (Å²) in [5.74, 6) is -0.573. The molecule has 2 heterocycles. The first-order valence-corrected chi connectivity index (χ1v) is 10.6. The van der Waals surface area contributed by atoms with E-state index >= 15 is 0 Å². The van der Waals surface area contributed by atoms with Crippen molar-refractivity contribution in [2.24, 2.45) is 0 Å². The fourth-order valence-corrected chi connectivity index (χ4v) is 4.61. The second-order valence-electron chi connectivity index (χ2n) is 7.05. The van der Waals surface area contributed by atoms with E-state index in [9.17, 15) is 9.18 Å². The molecule has 1 aromatic carbocycles. The number of hydrogen-bond donors (Lipinski definition) is 1. The molecule has 4 nitrogen and oxygen atoms in total. The van der Waals surface area contributed by atoms with Crippen molar-refractivity contribution in [3.63, 3.8) is 0 Å². The highest BCUT2D eigenvalue weighted by atomic mass is 35.5. The van der Waals surface area contributed by atoms with Crippen LogP contribution in [0.25, 0.3) is 10.6 Å². The van der Waals surface area contributed by atoms with Crippen molar-refractivity contribution in [1.29, 1.82) is 0 Å². The summed E-state index contributed by atoms with van der Waals surface area (Å²) >= 11 is 7.01. The van der Waals surface area contributed by atoms with Crippen molar-refractivity contribution in [2.45, 2.75) is 45.6 Å². The van der Waals surface area contributed by atoms with Gasteiger partial charge in [0.1, 0.15) is 15.7 Å². The number of nitrogens with one attached hydrogen (secondary N) is 1. The van der Waals surface area contributed by atoms with Crippen molar-refractivity contribution in [3.8, 4) is 10.6 Å². The SMILES string of the molecule is Cc1nc(-c2ccc(Cl)cc2F)sc1C(=O)NCCCN1CCCCC1C. The average Bonchev–Trinajstić information content (AvgIpc) is 3.01. The molecule has 3 rings (SSSR count). The van der Waals surface area contributed by atoms with Gasteiger partial charge in [-0.05, 0) is 57.9 Å². The van der Waals surface area contributed by atoms with Gasteiger partial charge in [0.2, 0.25) is 0 Å². The van der Waals surface area contributed by atoms with E-state index < -0.39 is 5.82 Å². The molecule has 7 heteroatoms. The van der Waals surface area contributed by atoms with Crippen LogP contribution in [0, 0.1) is 12.7 Å². The minimum atomic E-state index is -0.432. The maximum Gasteiger partial charge on any atom is 0.263 e. The summed E-state index contributed by atoms with van der Waals surface area (Å²) in [7, 11) is 0. The molecule has 0 saturated carbocycles. The lowest BCUT2D eigenvalue weighted by molar-refractivity contribution is 0.0952. The summed E-state index contributed by atoms with van der Waals surface area (Å²) in [4.78, 5) is 19.9. The van der Waals surface area contributed by atoms with Gasteiger partial charge in [-0.3, -0.25) is 4.79 Å². The molecule has 0 radical (unpaired) electrons. The quantitative estimate of drug-likeness (QED) is 0.690. The van der Waals surface area contributed by atoms with Gasteiger partial charge < -0.3 is 10.2 Å². The molecule has 2 aromatic rings. The molecule has 1 atom stereocenters. The third kappa shape index (κ3) is 5.06. The standard InChI is InChI=1S/C20H25ClFN3OS/c1-13-6-3-4-10-25(13)11-5-9-23-19(26)18-14(2)24-20(27-18)16-8-7-15(21)12-17(16)22/h7-8,12-13H,3-6,9-11H2,1-2H3,(H,23,26). The summed E-state index contributed by atoms with van der Waals surface area (Å²) in [5, 5.41) is 3.81. The van der Waals surface area contributed by atoms with Crippen LogP contribution < -0.4 is 5.32 Å². The minimum Gasteiger partial charge on any atom is -0.351 e. The van der Waals surface area contributed by atoms with Crippen molar-refractivity contribution in [1.82, 2.24) is 15.2 Å². The van der Waals surface area contributed by atoms with E-state index in [2.05, 4.69) is 22.1 Å². The van der Waals surface area contributed by atoms with Crippen molar-refractivity contribution in [3.05, 3.63) is 39.6 Å². The zero-order chi connectivity index (χ0) is 19.4. The molecule has 27 heavy (non-hydrogen) atoms. The number of benzene rings is 1. The number of likely N-dealkylation sites (tertiary alicyclic amines) is 1. The predicted molar refractivity (Wildman–Crippen MR) is 109 cm³/mol. The molecule has 1 unspecified atom stereocenters. The van der Waals surface area contributed by atoms with Gasteiger partial charge in [0, 0.05) is 29.7 Å². The smallest absolute Gasteiger partial charge is 0.263 e. The number of rotatable bonds is 6. The van der Waals surface area contributed by atoms with Crippen LogP contribution in [0.3, 0.4) is 0 Å². The van der Waals surface area contributed by atoms with Crippen molar-refractivity contribution < 1.29 is 9.18 Å². The topological polar surface area (TPSA) is 45.2 Å². The monoisotopic (exact) mass is 409 g/mol. The summed E-state index contributed by atoms with van der Waals surface area (Å²) in [5.41, 5.74) is 0.983. The number of nitrogens with zero attached hydrogens (tertiary/aromatic N) is 2. The molecular formula is C20H25ClFN3OS. The number of carbonyl (C=O) groups is 1. The van der Waals surface area contributed by atoms with Crippen LogP contribution in [0.4, 0.5) is 4.39 Å². The van der Waals surface area contributed by atoms with E-state index in [0.29, 0.717) is 38.8 Å². The van der Waals surface area contributed by atoms with Gasteiger partial charge in [-0.1, -0.05) is 18.0 Å². The zero-order valence-electron chi connectivity index (χ0n) is 15.7. The second-order valence-corrected chi connectivity index (χ2v) is 8.48. The van der Waals surface area contributed by atoms with Gasteiger partial charge in [-0.15, -0.1) is 11.3 Å². The maximum absolute atomic E-state index is 14.1. The van der Waals surface area contributed by atoms with Crippen LogP contribution in [0.2, 0.25) is 5.02 Å². The van der Waals surface area contributed by atoms with E-state index in [-0.39, 0.29) is 5.91 Å². The minimum absolute atomic E-state index is 0.141. The van der Waals surface area contributed by atoms with Crippen LogP contribution in [-0.2, 0) is 0 Å². The Bertz CT molecular complexity index is 811. The lowest BCUT2D eigenvalue weighted by Gasteiger charge is -2.33. The van der Waals surface area contributed by atoms with Crippen molar-refractivity contribution in [2.75, 3.05) is 19.6 Å². The van der Waals surface area contributed by atoms with Gasteiger partial charge >= 0.3 is 0 Å². The largest absolute Gasteiger partial charge is 0.351 e. The number of aromatic nitrogens is 1. The summed E-state index contributed by atoms with van der Waals surface area (Å²) < 4.78 is 14.1. The van der Waals surface area contributed by atoms with Crippen LogP contribution in [0.5, 0.6) is 0 Å². The number of thiazole rings is 1. The Hall–Kier alpha value is -1.50. The lowest BCUT2D eigenvalue weighted by Crippen LogP contribution is -2.39. The maximum atomic E-state index is 14.1. The Morgan fingerprint density at radius 1 is 1.44 bits per heavy atom. The van der Waals surface area contributed by atoms with Crippen LogP contribution in [-0.4, -0.2) is 41.5 Å². The van der Waals surface area contributed by atoms with Gasteiger partial charge in [0.25, 0.3) is 5.91 Å². The average molecular weight is 410 g/mol. The summed E-state index contributed by atoms with van der Waals surface area (Å²) in [6, 6.07) is 5.11. The number of piperidine rings is 1. The molecule has 0 aliphatic carbocycles. The van der Waals surface area contributed by atoms with Crippen LogP contribution in [0.1, 0.15) is 48.0 Å². The van der Waals surface area contributed by atoms with Gasteiger partial charge in [-0.2, -0.15) is 0 Å². The molecule has 1 aliphatic heterocycles. The first-order chi connectivity index (χ1) is 13.0. The predicted octanol–water partition coefficient (Wildman–Crippen LogP) is 4.91. The fraction of sp³-hybridized carbons (Fsp3) is 0.500. The number of carbonyl (C=O) groups excluding carboxylic acids is 1. The van der Waals surface area contributed by atoms with Gasteiger partial charge in [0.15, 0.2) is 0 Å². The normalized spacial score (nSPS) is 17.9. The van der Waals surface area contributed by atoms with E-state index in [1.807, 2.05) is 0 Å². The molecule has 146 valence electrons. The molecule has 1 aliphatic rings. The van der Waals surface area contributed by atoms with Crippen molar-refractivity contribution >= 4 is 28.8 Å². The first-order valence-electron chi connectivity index (χ1n) is 9.41. The molecular weight excluding hydrogens is 385 g/mol. The van der Waals surface area contributed by atoms with E-state index in [1.165, 1.54) is 36.7 Å². The zero-order valence-corrected chi connectivity index (χ0v) is 17.3. The molecule has 1 aromatic heterocycles. The van der Waals surface area contributed by atoms with E-state index in [0.717, 1.165) is 19.5 Å². The highest BCUT2D eigenvalue weighted by Gasteiger charge is 2.19. The van der Waals surface area contributed by atoms with E-state index in [4.69, 9.17) is 11.6 Å². The molecule has 0 bridgehead atoms. The summed E-state index contributed by atoms with van der Waals surface area (Å²) in [6.45, 7) is 6.83. The van der Waals surface area contributed by atoms with Gasteiger partial charge in [0.05, 0.1) is 5.69 Å². The molecule has 1 amide bonds. The molecule has 1 N–H and O–H groups in total. The third-order valence-corrected chi connectivity index (χ3v) is 6.44. The van der Waals surface area contributed by atoms with E-state index in [1.54, 1.807) is 19.1 Å². The Morgan fingerprint density at radius 2 is 2.26 bits per heavy atom. The third-order valence-electron chi connectivity index (χ3n) is 5.01. The highest BCUT2D eigenvalue weighted by molar-refractivity contribution is 7.17. The fourth-order valence-electron chi connectivity index (χ4n) is 3.44. The lowest BCUT2D eigenvalue weighted by atomic mass is 10.0. The molecule has 0 spiro atoms. The number of halogens is 2. The van der Waals surface area contributed by atoms with Crippen LogP contribution in [0.15, 0.2) is 18.2 Å². The Labute approximate surface area is 168 Å². The van der Waals surface area contributed by atoms with Gasteiger partial charge in [-0.25, -0.2) is 9.37 Å². The Balaban J connectivity index is 1.56.